The molecule has 1 rings (SSSR count). The number of benzene rings is 1. The van der Waals surface area contributed by atoms with Gasteiger partial charge in [0.15, 0.2) is 0 Å². The first-order valence-electron chi connectivity index (χ1n) is 5.17. The Bertz CT molecular complexity index is 521. The molecule has 1 aromatic rings. The molecule has 0 bridgehead atoms. The molecule has 0 aromatic heterocycles. The lowest BCUT2D eigenvalue weighted by molar-refractivity contribution is -0.111. The molecule has 0 spiro atoms. The first-order chi connectivity index (χ1) is 8.54. The second kappa shape index (κ2) is 6.61. The monoisotopic (exact) mass is 265 g/mol. The Morgan fingerprint density at radius 2 is 2.06 bits per heavy atom. The van der Waals surface area contributed by atoms with Gasteiger partial charge in [0.25, 0.3) is 0 Å². The van der Waals surface area contributed by atoms with Gasteiger partial charge in [-0.2, -0.15) is 0 Å². The number of halogens is 1. The van der Waals surface area contributed by atoms with Crippen LogP contribution in [0.15, 0.2) is 42.5 Å². The highest BCUT2D eigenvalue weighted by Crippen LogP contribution is 2.23. The number of carboxylic acids is 1. The number of rotatable bonds is 4. The van der Waals surface area contributed by atoms with Crippen LogP contribution in [0.25, 0.3) is 0 Å². The number of hydrogen-bond acceptors (Lipinski definition) is 2. The quantitative estimate of drug-likeness (QED) is 0.649. The van der Waals surface area contributed by atoms with E-state index in [9.17, 15) is 9.59 Å². The predicted molar refractivity (Wildman–Crippen MR) is 71.0 cm³/mol. The van der Waals surface area contributed by atoms with Gasteiger partial charge in [-0.25, -0.2) is 4.79 Å². The third-order valence-corrected chi connectivity index (χ3v) is 2.34. The summed E-state index contributed by atoms with van der Waals surface area (Å²) in [5.41, 5.74) is 0.444. The fourth-order valence-corrected chi connectivity index (χ4v) is 1.41. The number of carbonyl (C=O) groups excluding carboxylic acids is 1. The minimum atomic E-state index is -1.07. The number of carbonyl (C=O) groups is 2. The second-order valence-electron chi connectivity index (χ2n) is 3.37. The largest absolute Gasteiger partial charge is 0.478 e. The summed E-state index contributed by atoms with van der Waals surface area (Å²) in [7, 11) is 0. The molecule has 0 unspecified atom stereocenters. The third kappa shape index (κ3) is 4.07. The highest BCUT2D eigenvalue weighted by atomic mass is 35.5. The van der Waals surface area contributed by atoms with Crippen molar-refractivity contribution in [2.24, 2.45) is 0 Å². The average Bonchev–Trinajstić information content (AvgIpc) is 2.32. The maximum Gasteiger partial charge on any atom is 0.335 e. The molecule has 2 N–H and O–H groups in total. The van der Waals surface area contributed by atoms with Crippen molar-refractivity contribution < 1.29 is 14.7 Å². The zero-order valence-corrected chi connectivity index (χ0v) is 10.4. The second-order valence-corrected chi connectivity index (χ2v) is 3.78. The van der Waals surface area contributed by atoms with Crippen LogP contribution >= 0.6 is 11.6 Å². The van der Waals surface area contributed by atoms with E-state index in [1.165, 1.54) is 24.3 Å². The van der Waals surface area contributed by atoms with Gasteiger partial charge in [-0.3, -0.25) is 4.79 Å². The lowest BCUT2D eigenvalue weighted by atomic mass is 10.2. The predicted octanol–water partition coefficient (Wildman–Crippen LogP) is 3.11. The van der Waals surface area contributed by atoms with E-state index in [0.29, 0.717) is 5.69 Å². The van der Waals surface area contributed by atoms with Gasteiger partial charge >= 0.3 is 5.97 Å². The Balaban J connectivity index is 2.79. The molecule has 0 saturated carbocycles. The molecule has 0 aliphatic heterocycles. The number of nitrogens with one attached hydrogen (secondary N) is 1. The Labute approximate surface area is 110 Å². The van der Waals surface area contributed by atoms with Gasteiger partial charge in [-0.15, -0.1) is 0 Å². The summed E-state index contributed by atoms with van der Waals surface area (Å²) in [5, 5.41) is 11.5. The van der Waals surface area contributed by atoms with Crippen molar-refractivity contribution in [1.29, 1.82) is 0 Å². The molecule has 5 heteroatoms. The van der Waals surface area contributed by atoms with E-state index in [-0.39, 0.29) is 16.5 Å². The van der Waals surface area contributed by atoms with Gasteiger partial charge in [-0.05, 0) is 25.1 Å². The highest BCUT2D eigenvalue weighted by molar-refractivity contribution is 6.34. The van der Waals surface area contributed by atoms with E-state index in [1.54, 1.807) is 18.2 Å². The van der Waals surface area contributed by atoms with E-state index >= 15 is 0 Å². The summed E-state index contributed by atoms with van der Waals surface area (Å²) in [6.45, 7) is 1.84. The molecule has 18 heavy (non-hydrogen) atoms. The number of amides is 1. The molecule has 0 aliphatic rings. The standard InChI is InChI=1S/C13H12ClNO3/c1-2-3-4-5-12(16)15-11-7-6-9(13(17)18)8-10(11)14/h2-8H,1H3,(H,15,16)(H,17,18). The van der Waals surface area contributed by atoms with Crippen LogP contribution in [0, 0.1) is 0 Å². The van der Waals surface area contributed by atoms with Crippen molar-refractivity contribution in [3.8, 4) is 0 Å². The lowest BCUT2D eigenvalue weighted by Gasteiger charge is -2.05. The maximum atomic E-state index is 11.5. The van der Waals surface area contributed by atoms with Crippen LogP contribution in [0.2, 0.25) is 5.02 Å². The molecule has 0 saturated heterocycles. The number of carboxylic acid groups (broad SMARTS) is 1. The Morgan fingerprint density at radius 3 is 2.61 bits per heavy atom. The molecule has 0 atom stereocenters. The van der Waals surface area contributed by atoms with Crippen LogP contribution < -0.4 is 5.32 Å². The van der Waals surface area contributed by atoms with Crippen molar-refractivity contribution in [3.63, 3.8) is 0 Å². The van der Waals surface area contributed by atoms with Gasteiger partial charge in [0, 0.05) is 6.08 Å². The molecule has 1 aromatic carbocycles. The van der Waals surface area contributed by atoms with Gasteiger partial charge in [0.1, 0.15) is 0 Å². The smallest absolute Gasteiger partial charge is 0.335 e. The van der Waals surface area contributed by atoms with E-state index in [4.69, 9.17) is 16.7 Å². The summed E-state index contributed by atoms with van der Waals surface area (Å²) < 4.78 is 0. The summed E-state index contributed by atoms with van der Waals surface area (Å²) in [6.07, 6.45) is 6.45. The van der Waals surface area contributed by atoms with Crippen molar-refractivity contribution in [2.75, 3.05) is 5.32 Å². The van der Waals surface area contributed by atoms with Gasteiger partial charge in [0.05, 0.1) is 16.3 Å². The third-order valence-electron chi connectivity index (χ3n) is 2.03. The SMILES string of the molecule is CC=CC=CC(=O)Nc1ccc(C(=O)O)cc1Cl. The van der Waals surface area contributed by atoms with E-state index in [0.717, 1.165) is 0 Å². The first-order valence-corrected chi connectivity index (χ1v) is 5.55. The van der Waals surface area contributed by atoms with Crippen molar-refractivity contribution in [1.82, 2.24) is 0 Å². The van der Waals surface area contributed by atoms with E-state index in [1.807, 2.05) is 6.92 Å². The zero-order valence-electron chi connectivity index (χ0n) is 9.68. The summed E-state index contributed by atoms with van der Waals surface area (Å²) in [6, 6.07) is 4.11. The molecule has 94 valence electrons. The van der Waals surface area contributed by atoms with Crippen LogP contribution in [0.3, 0.4) is 0 Å². The summed E-state index contributed by atoms with van der Waals surface area (Å²) >= 11 is 5.86. The Kier molecular flexibility index (Phi) is 5.14. The van der Waals surface area contributed by atoms with Gasteiger partial charge < -0.3 is 10.4 Å². The Hall–Kier alpha value is -2.07. The molecule has 0 heterocycles. The normalized spacial score (nSPS) is 11.0. The van der Waals surface area contributed by atoms with Gasteiger partial charge in [0.2, 0.25) is 5.91 Å². The van der Waals surface area contributed by atoms with Crippen LogP contribution in [0.5, 0.6) is 0 Å². The molecule has 0 aliphatic carbocycles. The van der Waals surface area contributed by atoms with E-state index in [2.05, 4.69) is 5.32 Å². The highest BCUT2D eigenvalue weighted by Gasteiger charge is 2.08. The average molecular weight is 266 g/mol. The molecular weight excluding hydrogens is 254 g/mol. The Morgan fingerprint density at radius 1 is 1.33 bits per heavy atom. The fraction of sp³-hybridized carbons (Fsp3) is 0.0769. The number of anilines is 1. The molecule has 0 fully saturated rings. The lowest BCUT2D eigenvalue weighted by Crippen LogP contribution is -2.08. The molecule has 1 amide bonds. The zero-order chi connectivity index (χ0) is 13.5. The van der Waals surface area contributed by atoms with Crippen LogP contribution in [0.1, 0.15) is 17.3 Å². The maximum absolute atomic E-state index is 11.5. The summed E-state index contributed by atoms with van der Waals surface area (Å²) in [5.74, 6) is -1.40. The minimum absolute atomic E-state index is 0.0717. The molecule has 4 nitrogen and oxygen atoms in total. The topological polar surface area (TPSA) is 66.4 Å². The van der Waals surface area contributed by atoms with Crippen LogP contribution in [-0.4, -0.2) is 17.0 Å². The van der Waals surface area contributed by atoms with E-state index < -0.39 is 5.97 Å². The van der Waals surface area contributed by atoms with Crippen LogP contribution in [-0.2, 0) is 4.79 Å². The molecular formula is C13H12ClNO3. The summed E-state index contributed by atoms with van der Waals surface area (Å²) in [4.78, 5) is 22.1. The number of hydrogen-bond donors (Lipinski definition) is 2. The molecule has 0 radical (unpaired) electrons. The van der Waals surface area contributed by atoms with Crippen molar-refractivity contribution >= 4 is 29.2 Å². The fourth-order valence-electron chi connectivity index (χ4n) is 1.18. The van der Waals surface area contributed by atoms with Crippen molar-refractivity contribution in [2.45, 2.75) is 6.92 Å². The van der Waals surface area contributed by atoms with Gasteiger partial charge in [-0.1, -0.05) is 29.8 Å². The minimum Gasteiger partial charge on any atom is -0.478 e. The number of allylic oxidation sites excluding steroid dienone is 3. The van der Waals surface area contributed by atoms with Crippen LogP contribution in [0.4, 0.5) is 5.69 Å². The first kappa shape index (κ1) is 14.0. The number of aromatic carboxylic acids is 1. The van der Waals surface area contributed by atoms with Crippen molar-refractivity contribution in [3.05, 3.63) is 53.1 Å².